The zero-order chi connectivity index (χ0) is 22.0. The van der Waals surface area contributed by atoms with Gasteiger partial charge in [-0.2, -0.15) is 0 Å². The lowest BCUT2D eigenvalue weighted by molar-refractivity contribution is -0.120. The van der Waals surface area contributed by atoms with Crippen molar-refractivity contribution in [1.29, 1.82) is 0 Å². The van der Waals surface area contributed by atoms with Crippen LogP contribution in [0.5, 0.6) is 0 Å². The Morgan fingerprint density at radius 1 is 1.00 bits per heavy atom. The fourth-order valence-corrected chi connectivity index (χ4v) is 3.09. The Balaban J connectivity index is 1.91. The number of imide groups is 1. The molecule has 0 fully saturated rings. The molecule has 1 aliphatic heterocycles. The molecule has 154 valence electrons. The molecule has 2 aromatic rings. The molecule has 3 rings (SSSR count). The first kappa shape index (κ1) is 21.3. The Hall–Kier alpha value is -3.45. The lowest BCUT2D eigenvalue weighted by atomic mass is 10.1. The molecule has 0 radical (unpaired) electrons. The third kappa shape index (κ3) is 4.11. The summed E-state index contributed by atoms with van der Waals surface area (Å²) in [6, 6.07) is 12.5. The van der Waals surface area contributed by atoms with Crippen LogP contribution in [0.25, 0.3) is 0 Å². The number of amides is 2. The summed E-state index contributed by atoms with van der Waals surface area (Å²) in [6.07, 6.45) is -0.368. The van der Waals surface area contributed by atoms with E-state index in [9.17, 15) is 19.2 Å². The molecule has 2 amide bonds. The molecule has 0 bridgehead atoms. The van der Waals surface area contributed by atoms with Crippen LogP contribution >= 0.6 is 11.6 Å². The van der Waals surface area contributed by atoms with Crippen molar-refractivity contribution in [2.75, 3.05) is 10.2 Å². The summed E-state index contributed by atoms with van der Waals surface area (Å²) in [5.74, 6) is -2.21. The predicted octanol–water partition coefficient (Wildman–Crippen LogP) is 3.89. The van der Waals surface area contributed by atoms with Crippen molar-refractivity contribution in [2.24, 2.45) is 0 Å². The van der Waals surface area contributed by atoms with Crippen LogP contribution in [-0.4, -0.2) is 29.7 Å². The first-order valence-corrected chi connectivity index (χ1v) is 9.55. The molecule has 0 aliphatic carbocycles. The average molecular weight is 427 g/mol. The van der Waals surface area contributed by atoms with E-state index in [2.05, 4.69) is 5.32 Å². The van der Waals surface area contributed by atoms with Crippen LogP contribution in [0.4, 0.5) is 11.4 Å². The highest BCUT2D eigenvalue weighted by molar-refractivity contribution is 6.53. The van der Waals surface area contributed by atoms with Gasteiger partial charge < -0.3 is 10.1 Å². The fourth-order valence-electron chi connectivity index (χ4n) is 2.88. The van der Waals surface area contributed by atoms with Gasteiger partial charge in [0.15, 0.2) is 5.78 Å². The fraction of sp³-hybridized carbons (Fsp3) is 0.182. The lowest BCUT2D eigenvalue weighted by Crippen LogP contribution is -2.33. The molecule has 0 spiro atoms. The van der Waals surface area contributed by atoms with Crippen molar-refractivity contribution < 1.29 is 23.9 Å². The van der Waals surface area contributed by atoms with Gasteiger partial charge in [-0.3, -0.25) is 14.4 Å². The zero-order valence-electron chi connectivity index (χ0n) is 16.6. The van der Waals surface area contributed by atoms with Gasteiger partial charge in [-0.25, -0.2) is 9.69 Å². The molecule has 0 saturated heterocycles. The number of carbonyl (C=O) groups excluding carboxylic acids is 4. The molecule has 30 heavy (non-hydrogen) atoms. The smallest absolute Gasteiger partial charge is 0.340 e. The molecule has 2 aromatic carbocycles. The summed E-state index contributed by atoms with van der Waals surface area (Å²) in [7, 11) is 0. The Morgan fingerprint density at radius 2 is 1.63 bits per heavy atom. The number of halogens is 1. The van der Waals surface area contributed by atoms with Crippen molar-refractivity contribution in [3.8, 4) is 0 Å². The van der Waals surface area contributed by atoms with Crippen LogP contribution in [0, 0.1) is 0 Å². The van der Waals surface area contributed by atoms with Crippen molar-refractivity contribution in [1.82, 2.24) is 0 Å². The van der Waals surface area contributed by atoms with E-state index in [1.54, 1.807) is 50.2 Å². The zero-order valence-corrected chi connectivity index (χ0v) is 17.3. The summed E-state index contributed by atoms with van der Waals surface area (Å²) in [5, 5.41) is 2.52. The van der Waals surface area contributed by atoms with Crippen LogP contribution in [0.2, 0.25) is 0 Å². The highest BCUT2D eigenvalue weighted by Crippen LogP contribution is 2.32. The van der Waals surface area contributed by atoms with Crippen LogP contribution < -0.4 is 10.2 Å². The number of anilines is 2. The summed E-state index contributed by atoms with van der Waals surface area (Å²) >= 11 is 6.15. The van der Waals surface area contributed by atoms with E-state index in [0.29, 0.717) is 11.3 Å². The van der Waals surface area contributed by atoms with E-state index in [4.69, 9.17) is 16.3 Å². The van der Waals surface area contributed by atoms with Gasteiger partial charge in [-0.15, -0.1) is 0 Å². The van der Waals surface area contributed by atoms with Gasteiger partial charge in [0.2, 0.25) is 0 Å². The largest absolute Gasteiger partial charge is 0.459 e. The predicted molar refractivity (Wildman–Crippen MR) is 112 cm³/mol. The number of para-hydroxylation sites is 1. The summed E-state index contributed by atoms with van der Waals surface area (Å²) in [6.45, 7) is 4.84. The Morgan fingerprint density at radius 3 is 2.23 bits per heavy atom. The normalized spacial score (nSPS) is 13.8. The third-order valence-electron chi connectivity index (χ3n) is 4.30. The average Bonchev–Trinajstić information content (AvgIpc) is 2.91. The van der Waals surface area contributed by atoms with E-state index in [1.165, 1.54) is 19.1 Å². The Bertz CT molecular complexity index is 1070. The van der Waals surface area contributed by atoms with Crippen molar-refractivity contribution in [2.45, 2.75) is 26.9 Å². The Kier molecular flexibility index (Phi) is 6.03. The van der Waals surface area contributed by atoms with Crippen molar-refractivity contribution in [3.63, 3.8) is 0 Å². The highest BCUT2D eigenvalue weighted by atomic mass is 35.5. The van der Waals surface area contributed by atoms with E-state index >= 15 is 0 Å². The molecule has 0 atom stereocenters. The number of hydrogen-bond donors (Lipinski definition) is 1. The molecule has 1 N–H and O–H groups in total. The van der Waals surface area contributed by atoms with E-state index < -0.39 is 17.8 Å². The van der Waals surface area contributed by atoms with Crippen molar-refractivity contribution in [3.05, 3.63) is 70.4 Å². The first-order valence-electron chi connectivity index (χ1n) is 9.17. The topological polar surface area (TPSA) is 92.8 Å². The second kappa shape index (κ2) is 8.51. The molecular formula is C22H19ClN2O5. The number of ether oxygens (including phenoxy) is 1. The van der Waals surface area contributed by atoms with Crippen LogP contribution in [0.1, 0.15) is 41.5 Å². The molecule has 0 unspecified atom stereocenters. The first-order chi connectivity index (χ1) is 14.2. The summed E-state index contributed by atoms with van der Waals surface area (Å²) in [5.41, 5.74) is 1.02. The minimum atomic E-state index is -0.755. The quantitative estimate of drug-likeness (QED) is 0.428. The summed E-state index contributed by atoms with van der Waals surface area (Å²) < 4.78 is 5.21. The van der Waals surface area contributed by atoms with Gasteiger partial charge in [-0.05, 0) is 57.2 Å². The van der Waals surface area contributed by atoms with E-state index in [-0.39, 0.29) is 33.9 Å². The summed E-state index contributed by atoms with van der Waals surface area (Å²) in [4.78, 5) is 50.4. The molecular weight excluding hydrogens is 408 g/mol. The van der Waals surface area contributed by atoms with Gasteiger partial charge in [-0.1, -0.05) is 23.7 Å². The van der Waals surface area contributed by atoms with Gasteiger partial charge in [0.05, 0.1) is 17.4 Å². The van der Waals surface area contributed by atoms with E-state index in [0.717, 1.165) is 4.90 Å². The third-order valence-corrected chi connectivity index (χ3v) is 4.65. The molecule has 0 saturated carbocycles. The number of Topliss-reactive ketones (excluding diaryl/α,β-unsaturated/α-hetero) is 1. The minimum Gasteiger partial charge on any atom is -0.459 e. The highest BCUT2D eigenvalue weighted by Gasteiger charge is 2.40. The number of nitrogens with zero attached hydrogens (tertiary/aromatic N) is 1. The van der Waals surface area contributed by atoms with Gasteiger partial charge >= 0.3 is 5.97 Å². The number of hydrogen-bond acceptors (Lipinski definition) is 6. The van der Waals surface area contributed by atoms with Gasteiger partial charge in [0.1, 0.15) is 10.7 Å². The second-order valence-corrected chi connectivity index (χ2v) is 7.24. The number of carbonyl (C=O) groups is 4. The van der Waals surface area contributed by atoms with Crippen LogP contribution in [0.15, 0.2) is 59.3 Å². The van der Waals surface area contributed by atoms with E-state index in [1.807, 2.05) is 0 Å². The number of esters is 1. The number of benzene rings is 2. The van der Waals surface area contributed by atoms with Crippen molar-refractivity contribution >= 4 is 46.5 Å². The minimum absolute atomic E-state index is 0.0735. The van der Waals surface area contributed by atoms with Gasteiger partial charge in [0.25, 0.3) is 11.8 Å². The number of rotatable bonds is 6. The van der Waals surface area contributed by atoms with Crippen LogP contribution in [-0.2, 0) is 14.3 Å². The van der Waals surface area contributed by atoms with Crippen LogP contribution in [0.3, 0.4) is 0 Å². The Labute approximate surface area is 178 Å². The molecule has 1 heterocycles. The molecule has 7 nitrogen and oxygen atoms in total. The molecule has 8 heteroatoms. The standard InChI is InChI=1S/C22H19ClN2O5/c1-12(2)30-22(29)16-6-4-5-7-17(16)25-20(27)18(23)19(21(25)28)24-15-10-8-14(9-11-15)13(3)26/h4-12,24H,1-3H3. The monoisotopic (exact) mass is 426 g/mol. The maximum atomic E-state index is 13.0. The number of ketones is 1. The number of nitrogens with one attached hydrogen (secondary N) is 1. The SMILES string of the molecule is CC(=O)c1ccc(NC2=C(Cl)C(=O)N(c3ccccc3C(=O)OC(C)C)C2=O)cc1. The molecule has 1 aliphatic rings. The lowest BCUT2D eigenvalue weighted by Gasteiger charge is -2.19. The molecule has 0 aromatic heterocycles. The second-order valence-electron chi connectivity index (χ2n) is 6.86. The van der Waals surface area contributed by atoms with Gasteiger partial charge in [0, 0.05) is 11.3 Å². The maximum absolute atomic E-state index is 13.0. The maximum Gasteiger partial charge on any atom is 0.340 e.